The van der Waals surface area contributed by atoms with Gasteiger partial charge in [0, 0.05) is 10.7 Å². The molecule has 0 radical (unpaired) electrons. The van der Waals surface area contributed by atoms with E-state index in [0.717, 1.165) is 36.9 Å². The summed E-state index contributed by atoms with van der Waals surface area (Å²) in [5, 5.41) is 3.74. The highest BCUT2D eigenvalue weighted by Crippen LogP contribution is 2.24. The Morgan fingerprint density at radius 3 is 2.56 bits per heavy atom. The molecule has 0 aliphatic carbocycles. The summed E-state index contributed by atoms with van der Waals surface area (Å²) >= 11 is 12.1. The van der Waals surface area contributed by atoms with E-state index in [1.54, 1.807) is 0 Å². The monoisotopic (exact) mass is 410 g/mol. The van der Waals surface area contributed by atoms with Crippen LogP contribution in [0.15, 0.2) is 36.4 Å². The van der Waals surface area contributed by atoms with Gasteiger partial charge in [-0.2, -0.15) is 0 Å². The van der Waals surface area contributed by atoms with Crippen LogP contribution in [0.25, 0.3) is 0 Å². The van der Waals surface area contributed by atoms with E-state index in [4.69, 9.17) is 23.2 Å². The van der Waals surface area contributed by atoms with Crippen molar-refractivity contribution in [2.45, 2.75) is 19.9 Å². The largest absolute Gasteiger partial charge is 0.360 e. The highest BCUT2D eigenvalue weighted by atomic mass is 35.5. The molecule has 144 valence electrons. The van der Waals surface area contributed by atoms with Crippen LogP contribution in [0, 0.1) is 12.7 Å². The standard InChI is InChI=1S/C20H22Cl2FN3O/c1-13-3-4-15(21)11-19(13)26-9-7-25(8-10-26)14(2)20(27)24-18-6-5-16(23)12-17(18)22/h3-6,11-12,14H,7-10H2,1-2H3,(H,24,27)/p+1/t14-/m0/s1. The number of nitrogens with one attached hydrogen (secondary N) is 2. The van der Waals surface area contributed by atoms with Crippen LogP contribution >= 0.6 is 23.2 Å². The van der Waals surface area contributed by atoms with Gasteiger partial charge in [-0.3, -0.25) is 4.79 Å². The predicted octanol–water partition coefficient (Wildman–Crippen LogP) is 3.17. The molecule has 0 unspecified atom stereocenters. The fourth-order valence-electron chi connectivity index (χ4n) is 3.41. The summed E-state index contributed by atoms with van der Waals surface area (Å²) in [5.41, 5.74) is 2.78. The fourth-order valence-corrected chi connectivity index (χ4v) is 3.79. The second-order valence-electron chi connectivity index (χ2n) is 6.91. The van der Waals surface area contributed by atoms with E-state index in [1.165, 1.54) is 28.7 Å². The molecule has 0 aromatic heterocycles. The van der Waals surface area contributed by atoms with Gasteiger partial charge >= 0.3 is 0 Å². The highest BCUT2D eigenvalue weighted by Gasteiger charge is 2.30. The molecule has 2 N–H and O–H groups in total. The molecule has 1 aliphatic rings. The Balaban J connectivity index is 1.60. The van der Waals surface area contributed by atoms with Crippen molar-refractivity contribution in [2.24, 2.45) is 0 Å². The number of piperazine rings is 1. The summed E-state index contributed by atoms with van der Waals surface area (Å²) in [5.74, 6) is -0.546. The van der Waals surface area contributed by atoms with Crippen LogP contribution < -0.4 is 15.1 Å². The van der Waals surface area contributed by atoms with Gasteiger partial charge in [0.1, 0.15) is 5.82 Å². The van der Waals surface area contributed by atoms with Crippen molar-refractivity contribution in [1.29, 1.82) is 0 Å². The number of hydrogen-bond acceptors (Lipinski definition) is 2. The first-order valence-corrected chi connectivity index (χ1v) is 9.72. The maximum absolute atomic E-state index is 13.2. The van der Waals surface area contributed by atoms with E-state index in [-0.39, 0.29) is 17.0 Å². The molecule has 27 heavy (non-hydrogen) atoms. The maximum atomic E-state index is 13.2. The SMILES string of the molecule is Cc1ccc(Cl)cc1N1CC[NH+]([C@@H](C)C(=O)Nc2ccc(F)cc2Cl)CC1. The normalized spacial score (nSPS) is 16.3. The molecule has 2 aromatic rings. The molecular weight excluding hydrogens is 388 g/mol. The molecule has 0 bridgehead atoms. The average molecular weight is 411 g/mol. The first-order chi connectivity index (χ1) is 12.8. The van der Waals surface area contributed by atoms with Gasteiger partial charge in [-0.1, -0.05) is 29.3 Å². The minimum atomic E-state index is -0.427. The van der Waals surface area contributed by atoms with Gasteiger partial charge in [-0.05, 0) is 49.7 Å². The number of carbonyl (C=O) groups excluding carboxylic acids is 1. The number of amides is 1. The van der Waals surface area contributed by atoms with Gasteiger partial charge in [0.05, 0.1) is 36.9 Å². The van der Waals surface area contributed by atoms with Crippen LogP contribution in [-0.4, -0.2) is 38.1 Å². The van der Waals surface area contributed by atoms with E-state index in [1.807, 2.05) is 25.1 Å². The molecule has 1 amide bonds. The molecule has 1 heterocycles. The maximum Gasteiger partial charge on any atom is 0.282 e. The van der Waals surface area contributed by atoms with Gasteiger partial charge in [0.25, 0.3) is 5.91 Å². The number of carbonyl (C=O) groups is 1. The van der Waals surface area contributed by atoms with Gasteiger partial charge < -0.3 is 15.1 Å². The molecule has 0 saturated carbocycles. The number of benzene rings is 2. The highest BCUT2D eigenvalue weighted by molar-refractivity contribution is 6.33. The van der Waals surface area contributed by atoms with Crippen LogP contribution in [0.3, 0.4) is 0 Å². The molecule has 0 spiro atoms. The number of rotatable bonds is 4. The summed E-state index contributed by atoms with van der Waals surface area (Å²) in [4.78, 5) is 16.1. The van der Waals surface area contributed by atoms with Crippen molar-refractivity contribution in [3.8, 4) is 0 Å². The van der Waals surface area contributed by atoms with Crippen LogP contribution in [0.2, 0.25) is 10.0 Å². The molecule has 1 atom stereocenters. The number of aryl methyl sites for hydroxylation is 1. The number of hydrogen-bond donors (Lipinski definition) is 2. The summed E-state index contributed by atoms with van der Waals surface area (Å²) in [7, 11) is 0. The zero-order valence-electron chi connectivity index (χ0n) is 15.4. The molecule has 1 aliphatic heterocycles. The molecule has 4 nitrogen and oxygen atoms in total. The van der Waals surface area contributed by atoms with Crippen molar-refractivity contribution in [3.05, 3.63) is 57.8 Å². The second-order valence-corrected chi connectivity index (χ2v) is 7.75. The summed E-state index contributed by atoms with van der Waals surface area (Å²) in [6.45, 7) is 7.38. The molecule has 1 fully saturated rings. The van der Waals surface area contributed by atoms with Crippen molar-refractivity contribution in [1.82, 2.24) is 0 Å². The third-order valence-corrected chi connectivity index (χ3v) is 5.66. The first-order valence-electron chi connectivity index (χ1n) is 8.97. The van der Waals surface area contributed by atoms with Crippen LogP contribution in [-0.2, 0) is 4.79 Å². The number of nitrogens with zero attached hydrogens (tertiary/aromatic N) is 1. The van der Waals surface area contributed by atoms with Crippen molar-refractivity contribution < 1.29 is 14.1 Å². The zero-order valence-corrected chi connectivity index (χ0v) is 16.9. The third kappa shape index (κ3) is 4.72. The van der Waals surface area contributed by atoms with Gasteiger partial charge in [0.15, 0.2) is 6.04 Å². The lowest BCUT2D eigenvalue weighted by Gasteiger charge is -2.36. The summed E-state index contributed by atoms with van der Waals surface area (Å²) in [6, 6.07) is 9.65. The van der Waals surface area contributed by atoms with E-state index < -0.39 is 5.82 Å². The molecular formula is C20H23Cl2FN3O+. The smallest absolute Gasteiger partial charge is 0.282 e. The lowest BCUT2D eigenvalue weighted by atomic mass is 10.1. The first kappa shape index (κ1) is 19.9. The second kappa shape index (κ2) is 8.46. The number of anilines is 2. The fraction of sp³-hybridized carbons (Fsp3) is 0.350. The van der Waals surface area contributed by atoms with Gasteiger partial charge in [-0.25, -0.2) is 4.39 Å². The molecule has 1 saturated heterocycles. The van der Waals surface area contributed by atoms with Crippen LogP contribution in [0.4, 0.5) is 15.8 Å². The minimum Gasteiger partial charge on any atom is -0.360 e. The van der Waals surface area contributed by atoms with E-state index in [9.17, 15) is 9.18 Å². The molecule has 7 heteroatoms. The number of quaternary nitrogens is 1. The Hall–Kier alpha value is -1.82. The Morgan fingerprint density at radius 2 is 1.89 bits per heavy atom. The minimum absolute atomic E-state index is 0.120. The lowest BCUT2D eigenvalue weighted by molar-refractivity contribution is -0.914. The van der Waals surface area contributed by atoms with E-state index in [0.29, 0.717) is 5.69 Å². The van der Waals surface area contributed by atoms with Gasteiger partial charge in [0.2, 0.25) is 0 Å². The topological polar surface area (TPSA) is 36.8 Å². The van der Waals surface area contributed by atoms with Crippen molar-refractivity contribution in [3.63, 3.8) is 0 Å². The van der Waals surface area contributed by atoms with E-state index >= 15 is 0 Å². The molecule has 2 aromatic carbocycles. The predicted molar refractivity (Wildman–Crippen MR) is 109 cm³/mol. The quantitative estimate of drug-likeness (QED) is 0.811. The van der Waals surface area contributed by atoms with Crippen molar-refractivity contribution in [2.75, 3.05) is 36.4 Å². The lowest BCUT2D eigenvalue weighted by Crippen LogP contribution is -3.19. The summed E-state index contributed by atoms with van der Waals surface area (Å²) in [6.07, 6.45) is 0. The van der Waals surface area contributed by atoms with Crippen molar-refractivity contribution >= 4 is 40.5 Å². The Labute approximate surface area is 168 Å². The van der Waals surface area contributed by atoms with E-state index in [2.05, 4.69) is 17.1 Å². The zero-order chi connectivity index (χ0) is 19.6. The van der Waals surface area contributed by atoms with Crippen LogP contribution in [0.5, 0.6) is 0 Å². The Bertz CT molecular complexity index is 838. The Morgan fingerprint density at radius 1 is 1.19 bits per heavy atom. The Kier molecular flexibility index (Phi) is 6.25. The average Bonchev–Trinajstić information content (AvgIpc) is 2.65. The number of halogens is 3. The molecule has 3 rings (SSSR count). The third-order valence-electron chi connectivity index (χ3n) is 5.11. The van der Waals surface area contributed by atoms with Crippen LogP contribution in [0.1, 0.15) is 12.5 Å². The van der Waals surface area contributed by atoms with Gasteiger partial charge in [-0.15, -0.1) is 0 Å². The summed E-state index contributed by atoms with van der Waals surface area (Å²) < 4.78 is 13.2.